The number of nitrogens with one attached hydrogen (secondary N) is 2. The number of carbonyl (C=O) groups is 1. The Morgan fingerprint density at radius 2 is 1.96 bits per heavy atom. The summed E-state index contributed by atoms with van der Waals surface area (Å²) >= 11 is 3.19. The minimum Gasteiger partial charge on any atom is -0.359 e. The van der Waals surface area contributed by atoms with Crippen LogP contribution in [-0.2, 0) is 11.3 Å². The summed E-state index contributed by atoms with van der Waals surface area (Å²) in [4.78, 5) is 20.8. The first-order valence-corrected chi connectivity index (χ1v) is 9.90. The molecule has 0 atom stereocenters. The zero-order valence-electron chi connectivity index (χ0n) is 16.5. The summed E-state index contributed by atoms with van der Waals surface area (Å²) < 4.78 is 14.2. The van der Waals surface area contributed by atoms with E-state index in [0.717, 1.165) is 44.2 Å². The van der Waals surface area contributed by atoms with Gasteiger partial charge in [-0.25, -0.2) is 4.39 Å². The molecular weight excluding hydrogens is 413 g/mol. The summed E-state index contributed by atoms with van der Waals surface area (Å²) in [7, 11) is 3.40. The number of hydrogen-bond acceptors (Lipinski definition) is 3. The number of halogens is 2. The molecular formula is C19H29BrFN5O. The molecule has 1 saturated heterocycles. The molecule has 0 aromatic heterocycles. The van der Waals surface area contributed by atoms with E-state index in [2.05, 4.69) is 41.4 Å². The highest BCUT2D eigenvalue weighted by Gasteiger charge is 2.28. The SMILES string of the molecule is CN=C(NCC(C)(C)C(=O)NC)N1CCN(Cc2ccc(Br)c(F)c2)CC1. The second kappa shape index (κ2) is 9.50. The molecule has 1 aliphatic heterocycles. The lowest BCUT2D eigenvalue weighted by Crippen LogP contribution is -2.54. The van der Waals surface area contributed by atoms with E-state index >= 15 is 0 Å². The fourth-order valence-electron chi connectivity index (χ4n) is 3.06. The van der Waals surface area contributed by atoms with E-state index in [1.54, 1.807) is 26.2 Å². The van der Waals surface area contributed by atoms with Crippen molar-refractivity contribution < 1.29 is 9.18 Å². The number of benzene rings is 1. The molecule has 150 valence electrons. The quantitative estimate of drug-likeness (QED) is 0.542. The van der Waals surface area contributed by atoms with Gasteiger partial charge in [-0.2, -0.15) is 0 Å². The summed E-state index contributed by atoms with van der Waals surface area (Å²) in [6, 6.07) is 5.28. The van der Waals surface area contributed by atoms with Crippen LogP contribution in [0.25, 0.3) is 0 Å². The molecule has 1 fully saturated rings. The van der Waals surface area contributed by atoms with E-state index < -0.39 is 5.41 Å². The predicted octanol–water partition coefficient (Wildman–Crippen LogP) is 2.05. The Bertz CT molecular complexity index is 687. The number of rotatable bonds is 5. The molecule has 0 bridgehead atoms. The van der Waals surface area contributed by atoms with Crippen molar-refractivity contribution in [2.24, 2.45) is 10.4 Å². The number of hydrogen-bond donors (Lipinski definition) is 2. The Morgan fingerprint density at radius 3 is 2.52 bits per heavy atom. The van der Waals surface area contributed by atoms with Gasteiger partial charge in [0.05, 0.1) is 9.89 Å². The number of amides is 1. The van der Waals surface area contributed by atoms with Gasteiger partial charge >= 0.3 is 0 Å². The highest BCUT2D eigenvalue weighted by Crippen LogP contribution is 2.18. The first-order valence-electron chi connectivity index (χ1n) is 9.11. The lowest BCUT2D eigenvalue weighted by atomic mass is 9.92. The second-order valence-electron chi connectivity index (χ2n) is 7.38. The number of guanidine groups is 1. The van der Waals surface area contributed by atoms with Gasteiger partial charge in [-0.3, -0.25) is 14.7 Å². The van der Waals surface area contributed by atoms with Crippen LogP contribution >= 0.6 is 15.9 Å². The second-order valence-corrected chi connectivity index (χ2v) is 8.23. The average molecular weight is 442 g/mol. The molecule has 0 spiro atoms. The van der Waals surface area contributed by atoms with E-state index in [0.29, 0.717) is 11.0 Å². The zero-order valence-corrected chi connectivity index (χ0v) is 18.1. The van der Waals surface area contributed by atoms with Crippen molar-refractivity contribution in [2.75, 3.05) is 46.8 Å². The van der Waals surface area contributed by atoms with Crippen LogP contribution in [0.1, 0.15) is 19.4 Å². The van der Waals surface area contributed by atoms with Gasteiger partial charge < -0.3 is 15.5 Å². The molecule has 6 nitrogen and oxygen atoms in total. The van der Waals surface area contributed by atoms with E-state index in [1.807, 2.05) is 19.9 Å². The van der Waals surface area contributed by atoms with Gasteiger partial charge in [-0.15, -0.1) is 0 Å². The van der Waals surface area contributed by atoms with Gasteiger partial charge in [0.15, 0.2) is 5.96 Å². The van der Waals surface area contributed by atoms with E-state index in [1.165, 1.54) is 0 Å². The first-order chi connectivity index (χ1) is 12.8. The number of carbonyl (C=O) groups excluding carboxylic acids is 1. The molecule has 2 N–H and O–H groups in total. The molecule has 1 amide bonds. The molecule has 2 rings (SSSR count). The fraction of sp³-hybridized carbons (Fsp3) is 0.579. The van der Waals surface area contributed by atoms with Gasteiger partial charge in [-0.1, -0.05) is 6.07 Å². The van der Waals surface area contributed by atoms with E-state index in [9.17, 15) is 9.18 Å². The smallest absolute Gasteiger partial charge is 0.227 e. The van der Waals surface area contributed by atoms with Gasteiger partial charge in [0, 0.05) is 53.4 Å². The van der Waals surface area contributed by atoms with Crippen LogP contribution in [0, 0.1) is 11.2 Å². The highest BCUT2D eigenvalue weighted by atomic mass is 79.9. The molecule has 8 heteroatoms. The van der Waals surface area contributed by atoms with Crippen molar-refractivity contribution in [3.8, 4) is 0 Å². The Kier molecular flexibility index (Phi) is 7.61. The Hall–Kier alpha value is -1.67. The monoisotopic (exact) mass is 441 g/mol. The van der Waals surface area contributed by atoms with Gasteiger partial charge in [0.25, 0.3) is 0 Å². The zero-order chi connectivity index (χ0) is 20.0. The van der Waals surface area contributed by atoms with Gasteiger partial charge in [-0.05, 0) is 47.5 Å². The summed E-state index contributed by atoms with van der Waals surface area (Å²) in [6.45, 7) is 8.46. The molecule has 0 aliphatic carbocycles. The third kappa shape index (κ3) is 5.90. The molecule has 1 aliphatic rings. The first kappa shape index (κ1) is 21.6. The van der Waals surface area contributed by atoms with Crippen molar-refractivity contribution in [1.29, 1.82) is 0 Å². The Balaban J connectivity index is 1.86. The Morgan fingerprint density at radius 1 is 1.30 bits per heavy atom. The summed E-state index contributed by atoms with van der Waals surface area (Å²) in [6.07, 6.45) is 0. The minimum absolute atomic E-state index is 0.00278. The molecule has 27 heavy (non-hydrogen) atoms. The maximum absolute atomic E-state index is 13.7. The minimum atomic E-state index is -0.516. The van der Waals surface area contributed by atoms with Gasteiger partial charge in [0.1, 0.15) is 5.82 Å². The van der Waals surface area contributed by atoms with Crippen LogP contribution in [-0.4, -0.2) is 68.5 Å². The topological polar surface area (TPSA) is 60.0 Å². The number of aliphatic imine (C=N–C) groups is 1. The molecule has 1 heterocycles. The Labute approximate surface area is 169 Å². The lowest BCUT2D eigenvalue weighted by molar-refractivity contribution is -0.128. The van der Waals surface area contributed by atoms with Crippen molar-refractivity contribution in [3.63, 3.8) is 0 Å². The molecule has 0 unspecified atom stereocenters. The number of piperazine rings is 1. The van der Waals surface area contributed by atoms with Crippen LogP contribution in [0.2, 0.25) is 0 Å². The van der Waals surface area contributed by atoms with Crippen LogP contribution in [0.15, 0.2) is 27.7 Å². The van der Waals surface area contributed by atoms with E-state index in [-0.39, 0.29) is 11.7 Å². The van der Waals surface area contributed by atoms with Crippen molar-refractivity contribution >= 4 is 27.8 Å². The standard InChI is InChI=1S/C19H29BrFN5O/c1-19(2,17(27)22-3)13-24-18(23-4)26-9-7-25(8-10-26)12-14-5-6-15(20)16(21)11-14/h5-6,11H,7-10,12-13H2,1-4H3,(H,22,27)(H,23,24). The molecule has 0 saturated carbocycles. The normalized spacial score (nSPS) is 16.4. The van der Waals surface area contributed by atoms with Crippen LogP contribution in [0.4, 0.5) is 4.39 Å². The molecule has 0 radical (unpaired) electrons. The maximum Gasteiger partial charge on any atom is 0.227 e. The van der Waals surface area contributed by atoms with Crippen molar-refractivity contribution in [3.05, 3.63) is 34.1 Å². The maximum atomic E-state index is 13.7. The molecule has 1 aromatic rings. The van der Waals surface area contributed by atoms with Crippen LogP contribution in [0.3, 0.4) is 0 Å². The fourth-order valence-corrected chi connectivity index (χ4v) is 3.31. The predicted molar refractivity (Wildman–Crippen MR) is 110 cm³/mol. The average Bonchev–Trinajstić information content (AvgIpc) is 2.65. The number of nitrogens with zero attached hydrogens (tertiary/aromatic N) is 3. The summed E-state index contributed by atoms with van der Waals surface area (Å²) in [5, 5.41) is 6.01. The lowest BCUT2D eigenvalue weighted by Gasteiger charge is -2.37. The summed E-state index contributed by atoms with van der Waals surface area (Å²) in [5.41, 5.74) is 0.456. The van der Waals surface area contributed by atoms with Crippen molar-refractivity contribution in [2.45, 2.75) is 20.4 Å². The van der Waals surface area contributed by atoms with Gasteiger partial charge in [0.2, 0.25) is 5.91 Å². The third-order valence-corrected chi connectivity index (χ3v) is 5.45. The van der Waals surface area contributed by atoms with E-state index in [4.69, 9.17) is 0 Å². The van der Waals surface area contributed by atoms with Crippen molar-refractivity contribution in [1.82, 2.24) is 20.4 Å². The van der Waals surface area contributed by atoms with Crippen LogP contribution in [0.5, 0.6) is 0 Å². The molecule has 1 aromatic carbocycles. The van der Waals surface area contributed by atoms with Crippen LogP contribution < -0.4 is 10.6 Å². The summed E-state index contributed by atoms with van der Waals surface area (Å²) in [5.74, 6) is 0.577. The third-order valence-electron chi connectivity index (χ3n) is 4.80. The largest absolute Gasteiger partial charge is 0.359 e. The highest BCUT2D eigenvalue weighted by molar-refractivity contribution is 9.10.